The van der Waals surface area contributed by atoms with Crippen molar-refractivity contribution in [2.45, 2.75) is 13.5 Å². The molecule has 0 bridgehead atoms. The minimum atomic E-state index is -0.427. The highest BCUT2D eigenvalue weighted by atomic mass is 79.9. The zero-order chi connectivity index (χ0) is 11.4. The summed E-state index contributed by atoms with van der Waals surface area (Å²) >= 11 is 3.23. The Balaban J connectivity index is 3.36. The van der Waals surface area contributed by atoms with Crippen molar-refractivity contribution in [1.29, 1.82) is 0 Å². The molecule has 1 N–H and O–H groups in total. The van der Waals surface area contributed by atoms with Gasteiger partial charge in [0.15, 0.2) is 0 Å². The summed E-state index contributed by atoms with van der Waals surface area (Å²) in [6.07, 6.45) is 4.75. The zero-order valence-corrected chi connectivity index (χ0v) is 9.87. The summed E-state index contributed by atoms with van der Waals surface area (Å²) in [6, 6.07) is 0. The van der Waals surface area contributed by atoms with Crippen LogP contribution < -0.4 is 11.2 Å². The molecule has 1 aromatic heterocycles. The van der Waals surface area contributed by atoms with Gasteiger partial charge in [0.25, 0.3) is 5.56 Å². The van der Waals surface area contributed by atoms with Gasteiger partial charge in [-0.3, -0.25) is 14.3 Å². The molecule has 0 aliphatic rings. The lowest BCUT2D eigenvalue weighted by Crippen LogP contribution is -2.30. The number of hydrogen-bond acceptors (Lipinski definition) is 2. The lowest BCUT2D eigenvalue weighted by molar-refractivity contribution is 0.735. The molecule has 0 fully saturated rings. The van der Waals surface area contributed by atoms with Crippen LogP contribution in [0.5, 0.6) is 0 Å². The average Bonchev–Trinajstić information content (AvgIpc) is 2.12. The highest BCUT2D eigenvalue weighted by Crippen LogP contribution is 2.06. The monoisotopic (exact) mass is 270 g/mol. The van der Waals surface area contributed by atoms with Crippen LogP contribution in [0.15, 0.2) is 32.9 Å². The molecule has 80 valence electrons. The molecule has 4 nitrogen and oxygen atoms in total. The van der Waals surface area contributed by atoms with E-state index in [4.69, 9.17) is 0 Å². The summed E-state index contributed by atoms with van der Waals surface area (Å²) in [7, 11) is 0. The van der Waals surface area contributed by atoms with Crippen molar-refractivity contribution in [2.75, 3.05) is 0 Å². The number of aromatic nitrogens is 2. The van der Waals surface area contributed by atoms with Gasteiger partial charge >= 0.3 is 5.69 Å². The Morgan fingerprint density at radius 2 is 2.33 bits per heavy atom. The molecule has 0 saturated carbocycles. The number of H-pyrrole nitrogens is 1. The summed E-state index contributed by atoms with van der Waals surface area (Å²) in [5, 5.41) is 0. The third-order valence-corrected chi connectivity index (χ3v) is 1.95. The average molecular weight is 271 g/mol. The molecule has 0 aromatic carbocycles. The fourth-order valence-corrected chi connectivity index (χ4v) is 1.36. The molecule has 15 heavy (non-hydrogen) atoms. The van der Waals surface area contributed by atoms with Crippen LogP contribution in [0, 0.1) is 0 Å². The maximum absolute atomic E-state index is 11.4. The Kier molecular flexibility index (Phi) is 3.85. The van der Waals surface area contributed by atoms with Crippen molar-refractivity contribution < 1.29 is 0 Å². The quantitative estimate of drug-likeness (QED) is 0.846. The zero-order valence-electron chi connectivity index (χ0n) is 8.29. The largest absolute Gasteiger partial charge is 0.328 e. The van der Waals surface area contributed by atoms with E-state index in [1.165, 1.54) is 10.8 Å². The number of aromatic amines is 1. The smallest absolute Gasteiger partial charge is 0.296 e. The first-order chi connectivity index (χ1) is 7.04. The topological polar surface area (TPSA) is 54.9 Å². The second-order valence-corrected chi connectivity index (χ2v) is 4.27. The normalized spacial score (nSPS) is 11.5. The third-order valence-electron chi connectivity index (χ3n) is 1.72. The Bertz CT molecular complexity index is 507. The lowest BCUT2D eigenvalue weighted by atomic mass is 10.3. The third kappa shape index (κ3) is 3.06. The van der Waals surface area contributed by atoms with Crippen LogP contribution in [0.3, 0.4) is 0 Å². The second kappa shape index (κ2) is 4.93. The molecule has 1 heterocycles. The van der Waals surface area contributed by atoms with Gasteiger partial charge in [0.1, 0.15) is 0 Å². The Morgan fingerprint density at radius 3 is 2.87 bits per heavy atom. The van der Waals surface area contributed by atoms with Gasteiger partial charge in [-0.25, -0.2) is 4.79 Å². The van der Waals surface area contributed by atoms with Gasteiger partial charge in [0, 0.05) is 12.7 Å². The van der Waals surface area contributed by atoms with Crippen molar-refractivity contribution >= 4 is 22.0 Å². The maximum Gasteiger partial charge on any atom is 0.328 e. The van der Waals surface area contributed by atoms with Crippen LogP contribution in [-0.2, 0) is 6.54 Å². The molecule has 0 aliphatic carbocycles. The van der Waals surface area contributed by atoms with E-state index in [-0.39, 0.29) is 5.56 Å². The number of halogens is 1. The van der Waals surface area contributed by atoms with Crippen molar-refractivity contribution in [3.63, 3.8) is 0 Å². The highest BCUT2D eigenvalue weighted by Gasteiger charge is 2.01. The lowest BCUT2D eigenvalue weighted by Gasteiger charge is -2.01. The van der Waals surface area contributed by atoms with Gasteiger partial charge in [0.2, 0.25) is 0 Å². The molecule has 0 radical (unpaired) electrons. The summed E-state index contributed by atoms with van der Waals surface area (Å²) in [5.41, 5.74) is -0.380. The fourth-order valence-electron chi connectivity index (χ4n) is 1.12. The maximum atomic E-state index is 11.4. The fraction of sp³-hybridized carbons (Fsp3) is 0.200. The number of hydrogen-bond donors (Lipinski definition) is 1. The van der Waals surface area contributed by atoms with Gasteiger partial charge < -0.3 is 0 Å². The van der Waals surface area contributed by atoms with Crippen molar-refractivity contribution in [3.05, 3.63) is 49.7 Å². The number of nitrogens with one attached hydrogen (secondary N) is 1. The van der Waals surface area contributed by atoms with E-state index >= 15 is 0 Å². The first-order valence-electron chi connectivity index (χ1n) is 4.33. The van der Waals surface area contributed by atoms with E-state index in [1.54, 1.807) is 12.2 Å². The van der Waals surface area contributed by atoms with Crippen LogP contribution in [-0.4, -0.2) is 9.55 Å². The van der Waals surface area contributed by atoms with Crippen molar-refractivity contribution in [2.24, 2.45) is 0 Å². The van der Waals surface area contributed by atoms with E-state index in [2.05, 4.69) is 27.5 Å². The standard InChI is InChI=1S/C10H11BrN2O2/c1-3-4-13-6-8(5-7(2)11)9(14)12-10(13)15/h3,5-6H,1,4H2,2H3,(H,12,14,15)/b7-5-. The number of nitrogens with zero attached hydrogens (tertiary/aromatic N) is 1. The number of allylic oxidation sites excluding steroid dienone is 2. The van der Waals surface area contributed by atoms with Gasteiger partial charge in [-0.1, -0.05) is 22.0 Å². The van der Waals surface area contributed by atoms with Gasteiger partial charge in [-0.05, 0) is 17.5 Å². The summed E-state index contributed by atoms with van der Waals surface area (Å²) in [4.78, 5) is 24.9. The second-order valence-electron chi connectivity index (χ2n) is 3.02. The Morgan fingerprint density at radius 1 is 1.67 bits per heavy atom. The van der Waals surface area contributed by atoms with E-state index in [0.29, 0.717) is 12.1 Å². The summed E-state index contributed by atoms with van der Waals surface area (Å²) in [6.45, 7) is 5.71. The van der Waals surface area contributed by atoms with Gasteiger partial charge in [-0.15, -0.1) is 6.58 Å². The molecule has 0 aliphatic heterocycles. The Labute approximate surface area is 95.1 Å². The van der Waals surface area contributed by atoms with E-state index in [0.717, 1.165) is 4.48 Å². The predicted octanol–water partition coefficient (Wildman–Crippen LogP) is 1.48. The van der Waals surface area contributed by atoms with Crippen molar-refractivity contribution in [3.8, 4) is 0 Å². The highest BCUT2D eigenvalue weighted by molar-refractivity contribution is 9.11. The SMILES string of the molecule is C=CCn1cc(/C=C(/C)Br)c(=O)[nH]c1=O. The summed E-state index contributed by atoms with van der Waals surface area (Å²) < 4.78 is 2.20. The van der Waals surface area contributed by atoms with Crippen LogP contribution in [0.2, 0.25) is 0 Å². The van der Waals surface area contributed by atoms with E-state index in [1.807, 2.05) is 6.92 Å². The minimum Gasteiger partial charge on any atom is -0.296 e. The molecular weight excluding hydrogens is 260 g/mol. The molecule has 1 aromatic rings. The number of rotatable bonds is 3. The van der Waals surface area contributed by atoms with Crippen molar-refractivity contribution in [1.82, 2.24) is 9.55 Å². The first-order valence-corrected chi connectivity index (χ1v) is 5.12. The van der Waals surface area contributed by atoms with Gasteiger partial charge in [0.05, 0.1) is 5.56 Å². The van der Waals surface area contributed by atoms with Gasteiger partial charge in [-0.2, -0.15) is 0 Å². The molecule has 0 saturated heterocycles. The summed E-state index contributed by atoms with van der Waals surface area (Å²) in [5.74, 6) is 0. The molecule has 5 heteroatoms. The first kappa shape index (κ1) is 11.7. The molecule has 0 unspecified atom stereocenters. The molecule has 1 rings (SSSR count). The minimum absolute atomic E-state index is 0.373. The van der Waals surface area contributed by atoms with E-state index < -0.39 is 5.69 Å². The van der Waals surface area contributed by atoms with Crippen LogP contribution in [0.25, 0.3) is 6.08 Å². The van der Waals surface area contributed by atoms with Crippen LogP contribution in [0.1, 0.15) is 12.5 Å². The molecule has 0 spiro atoms. The van der Waals surface area contributed by atoms with Crippen LogP contribution in [0.4, 0.5) is 0 Å². The predicted molar refractivity (Wildman–Crippen MR) is 64.1 cm³/mol. The molecule has 0 atom stereocenters. The van der Waals surface area contributed by atoms with E-state index in [9.17, 15) is 9.59 Å². The molecule has 0 amide bonds. The molecular formula is C10H11BrN2O2. The Hall–Kier alpha value is -1.36. The van der Waals surface area contributed by atoms with Crippen LogP contribution >= 0.6 is 15.9 Å².